The molecule has 1 aliphatic carbocycles. The van der Waals surface area contributed by atoms with Crippen molar-refractivity contribution in [3.05, 3.63) is 0 Å². The van der Waals surface area contributed by atoms with E-state index < -0.39 is 62.5 Å². The van der Waals surface area contributed by atoms with Crippen molar-refractivity contribution < 1.29 is 47.1 Å². The summed E-state index contributed by atoms with van der Waals surface area (Å²) in [5.41, 5.74) is -7.92. The Morgan fingerprint density at radius 2 is 0.868 bits per heavy atom. The van der Waals surface area contributed by atoms with Gasteiger partial charge in [-0.2, -0.15) is 0 Å². The molecule has 0 heterocycles. The Kier molecular flexibility index (Phi) is 10.9. The summed E-state index contributed by atoms with van der Waals surface area (Å²) in [6.45, 7) is 9.27. The summed E-state index contributed by atoms with van der Waals surface area (Å²) in [6.07, 6.45) is 0.978. The quantitative estimate of drug-likeness (QED) is 0.157. The summed E-state index contributed by atoms with van der Waals surface area (Å²) in [6, 6.07) is 1.13. The molecule has 38 heavy (non-hydrogen) atoms. The van der Waals surface area contributed by atoms with E-state index in [4.69, 9.17) is 17.7 Å². The van der Waals surface area contributed by atoms with Gasteiger partial charge in [0.1, 0.15) is 0 Å². The van der Waals surface area contributed by atoms with Crippen LogP contribution in [0.3, 0.4) is 0 Å². The number of hydrogen-bond donors (Lipinski definition) is 4. The maximum Gasteiger partial charge on any atom is 0.334 e. The molecule has 0 aliphatic heterocycles. The van der Waals surface area contributed by atoms with Crippen molar-refractivity contribution in [3.63, 3.8) is 0 Å². The van der Waals surface area contributed by atoms with Crippen LogP contribution in [-0.4, -0.2) is 92.6 Å². The molecule has 0 saturated heterocycles. The van der Waals surface area contributed by atoms with Crippen molar-refractivity contribution >= 4 is 40.9 Å². The van der Waals surface area contributed by atoms with Crippen LogP contribution in [0.25, 0.3) is 0 Å². The SMILES string of the molecule is CO[Si](C)(CCCNC(=O)C1(C)C(C)(C(=O)O)C(C)(C(=O)NCCC[Si](C)(OC)OC)C1(C)C(=O)O)OC. The lowest BCUT2D eigenvalue weighted by atomic mass is 9.25. The molecule has 0 radical (unpaired) electrons. The second-order valence-corrected chi connectivity index (χ2v) is 18.1. The van der Waals surface area contributed by atoms with E-state index in [9.17, 15) is 29.4 Å². The Bertz CT molecular complexity index is 825. The van der Waals surface area contributed by atoms with Crippen molar-refractivity contribution in [3.8, 4) is 0 Å². The van der Waals surface area contributed by atoms with E-state index in [1.54, 1.807) is 28.4 Å². The number of amides is 2. The number of hydrogen-bond acceptors (Lipinski definition) is 8. The normalized spacial score (nSPS) is 29.3. The highest BCUT2D eigenvalue weighted by Gasteiger charge is 2.90. The zero-order valence-corrected chi connectivity index (χ0v) is 26.4. The first-order valence-corrected chi connectivity index (χ1v) is 17.7. The van der Waals surface area contributed by atoms with E-state index in [0.29, 0.717) is 24.9 Å². The molecule has 1 rings (SSSR count). The minimum Gasteiger partial charge on any atom is -0.481 e. The van der Waals surface area contributed by atoms with Crippen LogP contribution in [0.15, 0.2) is 0 Å². The summed E-state index contributed by atoms with van der Waals surface area (Å²) in [7, 11) is 1.47. The lowest BCUT2D eigenvalue weighted by Gasteiger charge is -2.72. The van der Waals surface area contributed by atoms with E-state index in [-0.39, 0.29) is 13.1 Å². The van der Waals surface area contributed by atoms with Crippen molar-refractivity contribution in [2.24, 2.45) is 21.7 Å². The summed E-state index contributed by atoms with van der Waals surface area (Å²) < 4.78 is 21.8. The van der Waals surface area contributed by atoms with Crippen LogP contribution < -0.4 is 10.6 Å². The molecule has 0 aromatic carbocycles. The largest absolute Gasteiger partial charge is 0.481 e. The van der Waals surface area contributed by atoms with E-state index in [0.717, 1.165) is 0 Å². The summed E-state index contributed by atoms with van der Waals surface area (Å²) >= 11 is 0. The lowest BCUT2D eigenvalue weighted by Crippen LogP contribution is -2.86. The third kappa shape index (κ3) is 5.06. The molecule has 1 fully saturated rings. The fourth-order valence-electron chi connectivity index (χ4n) is 5.85. The Morgan fingerprint density at radius 1 is 0.605 bits per heavy atom. The number of rotatable bonds is 16. The van der Waals surface area contributed by atoms with Crippen molar-refractivity contribution in [1.29, 1.82) is 0 Å². The highest BCUT2D eigenvalue weighted by atomic mass is 28.4. The fourth-order valence-corrected chi connectivity index (χ4v) is 8.64. The molecule has 4 N–H and O–H groups in total. The van der Waals surface area contributed by atoms with Crippen LogP contribution in [0.2, 0.25) is 25.2 Å². The van der Waals surface area contributed by atoms with Crippen molar-refractivity contribution in [2.75, 3.05) is 41.5 Å². The van der Waals surface area contributed by atoms with E-state index in [1.165, 1.54) is 27.7 Å². The van der Waals surface area contributed by atoms with E-state index in [2.05, 4.69) is 10.6 Å². The first kappa shape index (κ1) is 34.2. The molecule has 0 bridgehead atoms. The average molecular weight is 579 g/mol. The second kappa shape index (κ2) is 12.1. The molecule has 2 amide bonds. The Morgan fingerprint density at radius 3 is 1.08 bits per heavy atom. The van der Waals surface area contributed by atoms with Crippen LogP contribution in [0, 0.1) is 21.7 Å². The summed E-state index contributed by atoms with van der Waals surface area (Å²) in [5.74, 6) is -4.33. The Labute approximate surface area is 227 Å². The number of carbonyl (C=O) groups excluding carboxylic acids is 2. The number of carboxylic acids is 2. The maximum absolute atomic E-state index is 13.6. The molecule has 1 aliphatic rings. The molecule has 0 spiro atoms. The Hall–Kier alpha value is -1.85. The molecule has 0 aromatic heterocycles. The van der Waals surface area contributed by atoms with E-state index >= 15 is 0 Å². The van der Waals surface area contributed by atoms with Gasteiger partial charge in [0.15, 0.2) is 0 Å². The number of nitrogens with one attached hydrogen (secondary N) is 2. The van der Waals surface area contributed by atoms with Crippen LogP contribution in [0.5, 0.6) is 0 Å². The van der Waals surface area contributed by atoms with Gasteiger partial charge in [0.25, 0.3) is 0 Å². The molecule has 0 aromatic rings. The topological polar surface area (TPSA) is 170 Å². The fraction of sp³-hybridized carbons (Fsp3) is 0.833. The van der Waals surface area contributed by atoms with Gasteiger partial charge >= 0.3 is 29.1 Å². The molecule has 0 unspecified atom stereocenters. The zero-order chi connectivity index (χ0) is 29.8. The minimum absolute atomic E-state index is 0.166. The molecule has 1 saturated carbocycles. The number of carbonyl (C=O) groups is 4. The van der Waals surface area contributed by atoms with Crippen LogP contribution in [-0.2, 0) is 36.9 Å². The summed E-state index contributed by atoms with van der Waals surface area (Å²) in [4.78, 5) is 52.6. The lowest BCUT2D eigenvalue weighted by molar-refractivity contribution is -0.281. The third-order valence-corrected chi connectivity index (χ3v) is 15.7. The first-order chi connectivity index (χ1) is 17.4. The molecular weight excluding hydrogens is 532 g/mol. The maximum atomic E-state index is 13.6. The van der Waals surface area contributed by atoms with Gasteiger partial charge in [-0.25, -0.2) is 0 Å². The van der Waals surface area contributed by atoms with Gasteiger partial charge in [0, 0.05) is 41.5 Å². The minimum atomic E-state index is -2.38. The smallest absolute Gasteiger partial charge is 0.334 e. The zero-order valence-electron chi connectivity index (χ0n) is 24.4. The highest BCUT2D eigenvalue weighted by molar-refractivity contribution is 6.66. The van der Waals surface area contributed by atoms with E-state index in [1.807, 2.05) is 13.1 Å². The van der Waals surface area contributed by atoms with Crippen LogP contribution in [0.1, 0.15) is 40.5 Å². The van der Waals surface area contributed by atoms with Gasteiger partial charge < -0.3 is 38.6 Å². The molecule has 14 heteroatoms. The van der Waals surface area contributed by atoms with Gasteiger partial charge in [-0.1, -0.05) is 0 Å². The number of aliphatic carboxylic acids is 2. The van der Waals surface area contributed by atoms with Crippen LogP contribution >= 0.6 is 0 Å². The first-order valence-electron chi connectivity index (χ1n) is 12.6. The standard InChI is InChI=1S/C24H46N2O10Si2/c1-21(17(27)25-13-11-15-37(9,33-5)34-6)23(3,19(29)30)22(2,24(21,4)20(31)32)18(28)26-14-12-16-38(10,35-7)36-8/h11-16H2,1-10H3,(H,25,27)(H,26,28)(H,29,30)(H,31,32). The monoisotopic (exact) mass is 578 g/mol. The van der Waals surface area contributed by atoms with Gasteiger partial charge in [-0.15, -0.1) is 0 Å². The van der Waals surface area contributed by atoms with Crippen molar-refractivity contribution in [2.45, 2.75) is 65.7 Å². The summed E-state index contributed by atoms with van der Waals surface area (Å²) in [5, 5.41) is 26.1. The second-order valence-electron chi connectivity index (χ2n) is 10.9. The average Bonchev–Trinajstić information content (AvgIpc) is 2.90. The van der Waals surface area contributed by atoms with Crippen LogP contribution in [0.4, 0.5) is 0 Å². The Balaban J connectivity index is 3.23. The van der Waals surface area contributed by atoms with Gasteiger partial charge in [-0.3, -0.25) is 19.2 Å². The molecule has 12 nitrogen and oxygen atoms in total. The van der Waals surface area contributed by atoms with Crippen molar-refractivity contribution in [1.82, 2.24) is 10.6 Å². The molecule has 0 atom stereocenters. The predicted octanol–water partition coefficient (Wildman–Crippen LogP) is 1.94. The molecular formula is C24H46N2O10Si2. The molecule has 220 valence electrons. The van der Waals surface area contributed by atoms with Gasteiger partial charge in [0.05, 0.1) is 21.7 Å². The van der Waals surface area contributed by atoms with Gasteiger partial charge in [0.2, 0.25) is 11.8 Å². The highest BCUT2D eigenvalue weighted by Crippen LogP contribution is 2.78. The predicted molar refractivity (Wildman–Crippen MR) is 144 cm³/mol. The number of carboxylic acid groups (broad SMARTS) is 2. The third-order valence-electron chi connectivity index (χ3n) is 9.68. The van der Waals surface area contributed by atoms with Gasteiger partial charge in [-0.05, 0) is 65.7 Å².